The molecule has 0 amide bonds. The maximum Gasteiger partial charge on any atom is 1.00 e. The van der Waals surface area contributed by atoms with Crippen molar-refractivity contribution in [2.45, 2.75) is 0 Å². The number of hydrogen-bond acceptors (Lipinski definition) is 3. The maximum atomic E-state index is 9.16. The van der Waals surface area contributed by atoms with E-state index in [1.807, 2.05) is 0 Å². The Morgan fingerprint density at radius 1 is 1.13 bits per heavy atom. The van der Waals surface area contributed by atoms with Crippen molar-refractivity contribution in [2.75, 3.05) is 0 Å². The summed E-state index contributed by atoms with van der Waals surface area (Å²) in [5.74, 6) is 0.0565. The van der Waals surface area contributed by atoms with Gasteiger partial charge in [0.25, 0.3) is 0 Å². The van der Waals surface area contributed by atoms with Gasteiger partial charge in [0.1, 0.15) is 5.75 Å². The van der Waals surface area contributed by atoms with E-state index in [-0.39, 0.29) is 40.3 Å². The second-order valence-corrected chi connectivity index (χ2v) is 6.49. The first-order chi connectivity index (χ1) is 6.20. The van der Waals surface area contributed by atoms with Gasteiger partial charge in [-0.25, -0.2) is 0 Å². The Morgan fingerprint density at radius 2 is 1.53 bits per heavy atom. The second-order valence-electron chi connectivity index (χ2n) is 1.97. The Hall–Kier alpha value is 1.13. The monoisotopic (exact) mass is 319 g/mol. The third-order valence-electron chi connectivity index (χ3n) is 0.910. The summed E-state index contributed by atoms with van der Waals surface area (Å²) in [6.07, 6.45) is 0. The molecule has 1 aromatic carbocycles. The van der Waals surface area contributed by atoms with Gasteiger partial charge in [0.15, 0.2) is 0 Å². The third-order valence-corrected chi connectivity index (χ3v) is 1.45. The van der Waals surface area contributed by atoms with E-state index in [1.165, 1.54) is 12.1 Å². The molecule has 0 bridgehead atoms. The van der Waals surface area contributed by atoms with E-state index in [1.54, 1.807) is 6.07 Å². The fraction of sp³-hybridized carbons (Fsp3) is 0. The minimum absolute atomic E-state index is 0. The summed E-state index contributed by atoms with van der Waals surface area (Å²) < 4.78 is 18.3. The smallest absolute Gasteiger partial charge is 0.506 e. The summed E-state index contributed by atoms with van der Waals surface area (Å²) in [5.41, 5.74) is 0. The van der Waals surface area contributed by atoms with Gasteiger partial charge in [-0.1, -0.05) is 23.2 Å². The molecule has 1 aromatic rings. The van der Waals surface area contributed by atoms with E-state index in [0.29, 0.717) is 5.02 Å². The molecule has 0 aliphatic carbocycles. The molecule has 3 nitrogen and oxygen atoms in total. The van der Waals surface area contributed by atoms with Crippen LogP contribution in [0.25, 0.3) is 0 Å². The van der Waals surface area contributed by atoms with Crippen molar-refractivity contribution in [3.8, 4) is 5.75 Å². The number of hydrogen-bond donors (Lipinski definition) is 1. The SMILES string of the molecule is O=S(=O)(Cl)Cl.Oc1ccc(Cl)cc1Cl.[Na+]. The molecule has 0 saturated heterocycles. The van der Waals surface area contributed by atoms with Crippen molar-refractivity contribution >= 4 is 52.8 Å². The van der Waals surface area contributed by atoms with Gasteiger partial charge in [0, 0.05) is 26.4 Å². The van der Waals surface area contributed by atoms with Crippen molar-refractivity contribution in [2.24, 2.45) is 0 Å². The van der Waals surface area contributed by atoms with E-state index < -0.39 is 8.26 Å². The largest absolute Gasteiger partial charge is 1.00 e. The van der Waals surface area contributed by atoms with Gasteiger partial charge in [0.2, 0.25) is 0 Å². The van der Waals surface area contributed by atoms with Crippen molar-refractivity contribution in [3.63, 3.8) is 0 Å². The average Bonchev–Trinajstić information content (AvgIpc) is 1.94. The summed E-state index contributed by atoms with van der Waals surface area (Å²) in [5, 5.41) is 9.66. The molecular weight excluding hydrogens is 317 g/mol. The molecule has 0 atom stereocenters. The Morgan fingerprint density at radius 3 is 1.80 bits per heavy atom. The molecule has 15 heavy (non-hydrogen) atoms. The van der Waals surface area contributed by atoms with Crippen LogP contribution in [0.2, 0.25) is 10.0 Å². The first-order valence-electron chi connectivity index (χ1n) is 2.98. The standard InChI is InChI=1S/C6H4Cl2O.Cl2O2S.Na/c7-4-1-2-6(9)5(8)3-4;1-5(2,3)4;/h1-3,9H;;/q;;+1. The van der Waals surface area contributed by atoms with Crippen molar-refractivity contribution in [3.05, 3.63) is 28.2 Å². The summed E-state index contributed by atoms with van der Waals surface area (Å²) in [7, 11) is 4.81. The molecular formula is C6H4Cl4NaO3S+. The minimum atomic E-state index is -3.72. The molecule has 0 aliphatic rings. The zero-order valence-corrected chi connectivity index (χ0v) is 13.3. The maximum absolute atomic E-state index is 9.16. The average molecular weight is 321 g/mol. The van der Waals surface area contributed by atoms with E-state index in [0.717, 1.165) is 0 Å². The molecule has 0 spiro atoms. The van der Waals surface area contributed by atoms with Crippen LogP contribution in [0.15, 0.2) is 18.2 Å². The normalized spacial score (nSPS) is 9.60. The number of rotatable bonds is 0. The van der Waals surface area contributed by atoms with Crippen LogP contribution in [0.5, 0.6) is 5.75 Å². The number of aromatic hydroxyl groups is 1. The molecule has 0 aromatic heterocycles. The number of phenols is 1. The number of benzene rings is 1. The van der Waals surface area contributed by atoms with E-state index in [4.69, 9.17) is 36.7 Å². The zero-order valence-electron chi connectivity index (χ0n) is 7.42. The molecule has 80 valence electrons. The number of halogens is 4. The van der Waals surface area contributed by atoms with Crippen LogP contribution in [-0.2, 0) is 8.26 Å². The predicted molar refractivity (Wildman–Crippen MR) is 58.8 cm³/mol. The van der Waals surface area contributed by atoms with Crippen molar-refractivity contribution in [1.82, 2.24) is 0 Å². The fourth-order valence-corrected chi connectivity index (χ4v) is 0.890. The van der Waals surface area contributed by atoms with Gasteiger partial charge in [0.05, 0.1) is 5.02 Å². The van der Waals surface area contributed by atoms with E-state index in [9.17, 15) is 0 Å². The predicted octanol–water partition coefficient (Wildman–Crippen LogP) is 0.412. The van der Waals surface area contributed by atoms with Gasteiger partial charge in [-0.15, -0.1) is 0 Å². The molecule has 1 N–H and O–H groups in total. The number of phenolic OH excluding ortho intramolecular Hbond substituents is 1. The van der Waals surface area contributed by atoms with Crippen LogP contribution in [-0.4, -0.2) is 13.5 Å². The Kier molecular flexibility index (Phi) is 10.2. The zero-order chi connectivity index (χ0) is 11.4. The molecule has 0 fully saturated rings. The van der Waals surface area contributed by atoms with Crippen LogP contribution in [0.4, 0.5) is 0 Å². The first kappa shape index (κ1) is 18.5. The second kappa shape index (κ2) is 8.25. The van der Waals surface area contributed by atoms with Gasteiger partial charge in [-0.3, -0.25) is 0 Å². The van der Waals surface area contributed by atoms with Crippen molar-refractivity contribution < 1.29 is 43.1 Å². The molecule has 0 aliphatic heterocycles. The molecule has 9 heteroatoms. The van der Waals surface area contributed by atoms with Gasteiger partial charge in [-0.05, 0) is 18.2 Å². The van der Waals surface area contributed by atoms with Gasteiger partial charge < -0.3 is 5.11 Å². The van der Waals surface area contributed by atoms with E-state index >= 15 is 0 Å². The van der Waals surface area contributed by atoms with Crippen LogP contribution >= 0.6 is 44.6 Å². The fourth-order valence-electron chi connectivity index (χ4n) is 0.481. The quantitative estimate of drug-likeness (QED) is 0.556. The van der Waals surface area contributed by atoms with E-state index in [2.05, 4.69) is 21.4 Å². The van der Waals surface area contributed by atoms with Crippen LogP contribution in [0.3, 0.4) is 0 Å². The minimum Gasteiger partial charge on any atom is -0.506 e. The third kappa shape index (κ3) is 13.1. The van der Waals surface area contributed by atoms with Crippen LogP contribution in [0, 0.1) is 0 Å². The molecule has 0 unspecified atom stereocenters. The summed E-state index contributed by atoms with van der Waals surface area (Å²) >= 11 is 11.0. The summed E-state index contributed by atoms with van der Waals surface area (Å²) in [6.45, 7) is 0. The van der Waals surface area contributed by atoms with Gasteiger partial charge >= 0.3 is 37.8 Å². The van der Waals surface area contributed by atoms with Crippen LogP contribution < -0.4 is 29.6 Å². The Bertz CT molecular complexity index is 401. The molecule has 0 saturated carbocycles. The van der Waals surface area contributed by atoms with Gasteiger partial charge in [-0.2, -0.15) is 8.42 Å². The molecule has 1 rings (SSSR count). The Labute approximate surface area is 128 Å². The molecule has 0 radical (unpaired) electrons. The first-order valence-corrected chi connectivity index (χ1v) is 6.87. The van der Waals surface area contributed by atoms with Crippen LogP contribution in [0.1, 0.15) is 0 Å². The molecule has 0 heterocycles. The van der Waals surface area contributed by atoms with Crippen molar-refractivity contribution in [1.29, 1.82) is 0 Å². The summed E-state index contributed by atoms with van der Waals surface area (Å²) in [4.78, 5) is 0. The topological polar surface area (TPSA) is 54.4 Å². The summed E-state index contributed by atoms with van der Waals surface area (Å²) in [6, 6.07) is 4.51. The Balaban J connectivity index is 0.